The van der Waals surface area contributed by atoms with Crippen molar-refractivity contribution in [1.29, 1.82) is 0 Å². The number of aromatic nitrogens is 1. The molecule has 0 saturated carbocycles. The van der Waals surface area contributed by atoms with E-state index in [1.54, 1.807) is 0 Å². The Morgan fingerprint density at radius 2 is 1.95 bits per heavy atom. The Balaban J connectivity index is 1.82. The molecule has 0 radical (unpaired) electrons. The Kier molecular flexibility index (Phi) is 5.31. The highest BCUT2D eigenvalue weighted by atomic mass is 15.0. The van der Waals surface area contributed by atoms with Crippen molar-refractivity contribution in [2.24, 2.45) is 0 Å². The number of aryl methyl sites for hydroxylation is 2. The Labute approximate surface area is 122 Å². The van der Waals surface area contributed by atoms with E-state index in [9.17, 15) is 0 Å². The number of rotatable bonds is 6. The molecule has 2 aromatic rings. The number of hydrogen-bond acceptors (Lipinski definition) is 2. The van der Waals surface area contributed by atoms with E-state index < -0.39 is 0 Å². The minimum atomic E-state index is 0.295. The Hall–Kier alpha value is -1.67. The minimum absolute atomic E-state index is 0.295. The molecule has 1 heterocycles. The molecule has 0 fully saturated rings. The van der Waals surface area contributed by atoms with Crippen LogP contribution in [0.2, 0.25) is 0 Å². The second-order valence-electron chi connectivity index (χ2n) is 5.57. The van der Waals surface area contributed by atoms with Gasteiger partial charge in [0.25, 0.3) is 0 Å². The molecule has 20 heavy (non-hydrogen) atoms. The summed E-state index contributed by atoms with van der Waals surface area (Å²) in [7, 11) is 0. The smallest absolute Gasteiger partial charge is 0.0570 e. The first-order valence-electron chi connectivity index (χ1n) is 7.37. The summed E-state index contributed by atoms with van der Waals surface area (Å²) in [5.41, 5.74) is 3.86. The number of nitrogens with zero attached hydrogens (tertiary/aromatic N) is 1. The van der Waals surface area contributed by atoms with Gasteiger partial charge in [-0.05, 0) is 51.3 Å². The predicted molar refractivity (Wildman–Crippen MR) is 84.7 cm³/mol. The lowest BCUT2D eigenvalue weighted by Crippen LogP contribution is -2.29. The first-order valence-corrected chi connectivity index (χ1v) is 7.37. The summed E-state index contributed by atoms with van der Waals surface area (Å²) in [6.07, 6.45) is 4.11. The average molecular weight is 268 g/mol. The zero-order chi connectivity index (χ0) is 14.4. The molecule has 0 aliphatic carbocycles. The molecule has 106 valence electrons. The number of pyridine rings is 1. The molecule has 2 unspecified atom stereocenters. The highest BCUT2D eigenvalue weighted by Gasteiger charge is 2.10. The van der Waals surface area contributed by atoms with E-state index in [0.717, 1.165) is 18.5 Å². The molecule has 2 heteroatoms. The first kappa shape index (κ1) is 14.7. The topological polar surface area (TPSA) is 24.9 Å². The van der Waals surface area contributed by atoms with Crippen LogP contribution in [0.15, 0.2) is 48.7 Å². The molecule has 2 rings (SSSR count). The molecule has 1 aromatic heterocycles. The SMILES string of the molecule is Cc1cccc(CCC(C)NC(C)c2ccccn2)c1. The van der Waals surface area contributed by atoms with Gasteiger partial charge in [0.15, 0.2) is 0 Å². The zero-order valence-corrected chi connectivity index (χ0v) is 12.6. The molecule has 0 bridgehead atoms. The third-order valence-electron chi connectivity index (χ3n) is 3.61. The van der Waals surface area contributed by atoms with Gasteiger partial charge in [-0.1, -0.05) is 35.9 Å². The normalized spacial score (nSPS) is 13.9. The van der Waals surface area contributed by atoms with Crippen molar-refractivity contribution in [2.75, 3.05) is 0 Å². The van der Waals surface area contributed by atoms with Crippen molar-refractivity contribution in [3.05, 3.63) is 65.5 Å². The minimum Gasteiger partial charge on any atom is -0.306 e. The summed E-state index contributed by atoms with van der Waals surface area (Å²) >= 11 is 0. The van der Waals surface area contributed by atoms with Gasteiger partial charge >= 0.3 is 0 Å². The lowest BCUT2D eigenvalue weighted by Gasteiger charge is -2.19. The summed E-state index contributed by atoms with van der Waals surface area (Å²) in [6.45, 7) is 6.56. The Morgan fingerprint density at radius 1 is 1.10 bits per heavy atom. The van der Waals surface area contributed by atoms with Crippen molar-refractivity contribution in [1.82, 2.24) is 10.3 Å². The van der Waals surface area contributed by atoms with Crippen LogP contribution >= 0.6 is 0 Å². The quantitative estimate of drug-likeness (QED) is 0.854. The lowest BCUT2D eigenvalue weighted by atomic mass is 10.0. The van der Waals surface area contributed by atoms with Gasteiger partial charge in [0.2, 0.25) is 0 Å². The molecule has 0 aliphatic rings. The fourth-order valence-electron chi connectivity index (χ4n) is 2.48. The van der Waals surface area contributed by atoms with Gasteiger partial charge in [-0.3, -0.25) is 4.98 Å². The van der Waals surface area contributed by atoms with E-state index in [2.05, 4.69) is 61.4 Å². The Bertz CT molecular complexity index is 522. The van der Waals surface area contributed by atoms with Crippen molar-refractivity contribution in [3.63, 3.8) is 0 Å². The number of nitrogens with one attached hydrogen (secondary N) is 1. The number of benzene rings is 1. The molecule has 0 saturated heterocycles. The van der Waals surface area contributed by atoms with Gasteiger partial charge in [0.05, 0.1) is 5.69 Å². The monoisotopic (exact) mass is 268 g/mol. The van der Waals surface area contributed by atoms with Gasteiger partial charge in [-0.15, -0.1) is 0 Å². The van der Waals surface area contributed by atoms with Crippen molar-refractivity contribution in [2.45, 2.75) is 45.7 Å². The first-order chi connectivity index (χ1) is 9.65. The van der Waals surface area contributed by atoms with Crippen LogP contribution in [-0.4, -0.2) is 11.0 Å². The van der Waals surface area contributed by atoms with Gasteiger partial charge < -0.3 is 5.32 Å². The van der Waals surface area contributed by atoms with E-state index in [1.165, 1.54) is 11.1 Å². The van der Waals surface area contributed by atoms with Crippen LogP contribution in [0.25, 0.3) is 0 Å². The molecule has 1 N–H and O–H groups in total. The summed E-state index contributed by atoms with van der Waals surface area (Å²) in [4.78, 5) is 4.40. The highest BCUT2D eigenvalue weighted by Crippen LogP contribution is 2.12. The van der Waals surface area contributed by atoms with Crippen LogP contribution in [0.1, 0.15) is 43.1 Å². The van der Waals surface area contributed by atoms with E-state index >= 15 is 0 Å². The maximum atomic E-state index is 4.40. The van der Waals surface area contributed by atoms with Crippen LogP contribution < -0.4 is 5.32 Å². The van der Waals surface area contributed by atoms with Gasteiger partial charge in [0, 0.05) is 18.3 Å². The highest BCUT2D eigenvalue weighted by molar-refractivity contribution is 5.22. The lowest BCUT2D eigenvalue weighted by molar-refractivity contribution is 0.450. The van der Waals surface area contributed by atoms with Gasteiger partial charge in [-0.25, -0.2) is 0 Å². The molecule has 2 atom stereocenters. The Morgan fingerprint density at radius 3 is 2.65 bits per heavy atom. The largest absolute Gasteiger partial charge is 0.306 e. The van der Waals surface area contributed by atoms with Crippen LogP contribution in [0.4, 0.5) is 0 Å². The van der Waals surface area contributed by atoms with Crippen molar-refractivity contribution in [3.8, 4) is 0 Å². The van der Waals surface area contributed by atoms with Crippen LogP contribution in [0, 0.1) is 6.92 Å². The molecule has 1 aromatic carbocycles. The summed E-state index contributed by atoms with van der Waals surface area (Å²) in [6, 6.07) is 15.6. The molecule has 0 spiro atoms. The average Bonchev–Trinajstić information content (AvgIpc) is 2.46. The maximum Gasteiger partial charge on any atom is 0.0570 e. The van der Waals surface area contributed by atoms with Crippen LogP contribution in [0.3, 0.4) is 0 Å². The molecule has 2 nitrogen and oxygen atoms in total. The van der Waals surface area contributed by atoms with E-state index in [4.69, 9.17) is 0 Å². The second kappa shape index (κ2) is 7.20. The van der Waals surface area contributed by atoms with Crippen LogP contribution in [0.5, 0.6) is 0 Å². The predicted octanol–water partition coefficient (Wildman–Crippen LogP) is 4.06. The maximum absolute atomic E-state index is 4.40. The van der Waals surface area contributed by atoms with Gasteiger partial charge in [0.1, 0.15) is 0 Å². The summed E-state index contributed by atoms with van der Waals surface area (Å²) < 4.78 is 0. The van der Waals surface area contributed by atoms with E-state index in [-0.39, 0.29) is 0 Å². The van der Waals surface area contributed by atoms with Crippen LogP contribution in [-0.2, 0) is 6.42 Å². The van der Waals surface area contributed by atoms with Crippen molar-refractivity contribution < 1.29 is 0 Å². The zero-order valence-electron chi connectivity index (χ0n) is 12.6. The standard InChI is InChI=1S/C18H24N2/c1-14-7-6-8-17(13-14)11-10-15(2)20-16(3)18-9-4-5-12-19-18/h4-9,12-13,15-16,20H,10-11H2,1-3H3. The molecule has 0 aliphatic heterocycles. The third-order valence-corrected chi connectivity index (χ3v) is 3.61. The van der Waals surface area contributed by atoms with Gasteiger partial charge in [-0.2, -0.15) is 0 Å². The van der Waals surface area contributed by atoms with E-state index in [0.29, 0.717) is 12.1 Å². The van der Waals surface area contributed by atoms with Crippen molar-refractivity contribution >= 4 is 0 Å². The fraction of sp³-hybridized carbons (Fsp3) is 0.389. The summed E-state index contributed by atoms with van der Waals surface area (Å²) in [5, 5.41) is 3.62. The second-order valence-corrected chi connectivity index (χ2v) is 5.57. The molecule has 0 amide bonds. The number of hydrogen-bond donors (Lipinski definition) is 1. The molecular weight excluding hydrogens is 244 g/mol. The third kappa shape index (κ3) is 4.46. The van der Waals surface area contributed by atoms with E-state index in [1.807, 2.05) is 18.3 Å². The fourth-order valence-corrected chi connectivity index (χ4v) is 2.48. The molecular formula is C18H24N2. The summed E-state index contributed by atoms with van der Waals surface area (Å²) in [5.74, 6) is 0.